The van der Waals surface area contributed by atoms with E-state index in [9.17, 15) is 4.79 Å². The van der Waals surface area contributed by atoms with Crippen molar-refractivity contribution in [1.82, 2.24) is 0 Å². The highest BCUT2D eigenvalue weighted by Crippen LogP contribution is 2.37. The van der Waals surface area contributed by atoms with E-state index in [1.165, 1.54) is 0 Å². The Bertz CT molecular complexity index is 1230. The van der Waals surface area contributed by atoms with E-state index < -0.39 is 0 Å². The first kappa shape index (κ1) is 19.3. The largest absolute Gasteiger partial charge is 0.497 e. The van der Waals surface area contributed by atoms with Crippen LogP contribution in [0.25, 0.3) is 33.1 Å². The van der Waals surface area contributed by atoms with Crippen molar-refractivity contribution < 1.29 is 13.6 Å². The number of ether oxygens (including phenoxy) is 1. The summed E-state index contributed by atoms with van der Waals surface area (Å²) >= 11 is 0. The minimum Gasteiger partial charge on any atom is -0.497 e. The van der Waals surface area contributed by atoms with Gasteiger partial charge in [0.25, 0.3) is 0 Å². The summed E-state index contributed by atoms with van der Waals surface area (Å²) in [6, 6.07) is 10.0. The van der Waals surface area contributed by atoms with Crippen molar-refractivity contribution in [2.75, 3.05) is 7.11 Å². The summed E-state index contributed by atoms with van der Waals surface area (Å²) in [5.74, 6) is 0.817. The van der Waals surface area contributed by atoms with Crippen LogP contribution in [0.4, 0.5) is 0 Å². The van der Waals surface area contributed by atoms with Gasteiger partial charge >= 0.3 is 5.63 Å². The van der Waals surface area contributed by atoms with E-state index in [4.69, 9.17) is 13.6 Å². The number of methoxy groups -OCH3 is 1. The summed E-state index contributed by atoms with van der Waals surface area (Å²) in [5.41, 5.74) is 5.89. The highest BCUT2D eigenvalue weighted by molar-refractivity contribution is 6.04. The van der Waals surface area contributed by atoms with Crippen LogP contribution in [-0.4, -0.2) is 7.11 Å². The molecular weight excluding hydrogens is 364 g/mol. The molecule has 29 heavy (non-hydrogen) atoms. The predicted molar refractivity (Wildman–Crippen MR) is 117 cm³/mol. The van der Waals surface area contributed by atoms with E-state index in [1.54, 1.807) is 13.4 Å². The molecule has 2 heterocycles. The Morgan fingerprint density at radius 3 is 2.41 bits per heavy atom. The Kier molecular flexibility index (Phi) is 5.18. The number of fused-ring (bicyclic) bond motifs is 2. The number of aryl methyl sites for hydroxylation is 2. The third-order valence-electron chi connectivity index (χ3n) is 5.77. The van der Waals surface area contributed by atoms with Gasteiger partial charge in [0.2, 0.25) is 0 Å². The molecule has 0 saturated carbocycles. The van der Waals surface area contributed by atoms with Gasteiger partial charge in [0, 0.05) is 27.5 Å². The molecule has 4 nitrogen and oxygen atoms in total. The molecular formula is C25H26O4. The molecule has 0 aliphatic rings. The summed E-state index contributed by atoms with van der Waals surface area (Å²) in [6.45, 7) is 6.14. The predicted octanol–water partition coefficient (Wildman–Crippen LogP) is 6.56. The van der Waals surface area contributed by atoms with Gasteiger partial charge < -0.3 is 13.6 Å². The second-order valence-electron chi connectivity index (χ2n) is 7.58. The van der Waals surface area contributed by atoms with Crippen LogP contribution in [0, 0.1) is 13.8 Å². The zero-order chi connectivity index (χ0) is 20.5. The van der Waals surface area contributed by atoms with Crippen LogP contribution in [0.3, 0.4) is 0 Å². The van der Waals surface area contributed by atoms with Gasteiger partial charge in [-0.15, -0.1) is 0 Å². The van der Waals surface area contributed by atoms with Crippen LogP contribution < -0.4 is 10.4 Å². The SMILES string of the molecule is CCCCCc1c(C)c2cc3c(-c4ccc(OC)cc4)coc3c(C)c2oc1=O. The van der Waals surface area contributed by atoms with Crippen LogP contribution in [0.15, 0.2) is 50.2 Å². The third-order valence-corrected chi connectivity index (χ3v) is 5.77. The molecule has 0 unspecified atom stereocenters. The average molecular weight is 390 g/mol. The molecule has 0 radical (unpaired) electrons. The molecule has 2 aromatic carbocycles. The number of rotatable bonds is 6. The molecule has 0 fully saturated rings. The highest BCUT2D eigenvalue weighted by Gasteiger charge is 2.18. The number of furan rings is 1. The molecule has 0 amide bonds. The smallest absolute Gasteiger partial charge is 0.339 e. The molecule has 0 aliphatic carbocycles. The van der Waals surface area contributed by atoms with E-state index in [1.807, 2.05) is 38.1 Å². The van der Waals surface area contributed by atoms with Crippen molar-refractivity contribution in [3.05, 3.63) is 63.7 Å². The first-order valence-electron chi connectivity index (χ1n) is 10.2. The summed E-state index contributed by atoms with van der Waals surface area (Å²) in [5, 5.41) is 2.01. The average Bonchev–Trinajstić information content (AvgIpc) is 3.16. The maximum atomic E-state index is 12.6. The Hall–Kier alpha value is -3.01. The summed E-state index contributed by atoms with van der Waals surface area (Å²) in [6.07, 6.45) is 5.76. The lowest BCUT2D eigenvalue weighted by atomic mass is 9.96. The summed E-state index contributed by atoms with van der Waals surface area (Å²) in [7, 11) is 1.66. The standard InChI is InChI=1S/C25H26O4/c1-5-6-7-8-19-15(2)20-13-21-22(17-9-11-18(27-4)12-10-17)14-28-23(21)16(3)24(20)29-25(19)26/h9-14H,5-8H2,1-4H3. The fourth-order valence-electron chi connectivity index (χ4n) is 4.03. The molecule has 0 bridgehead atoms. The number of benzene rings is 2. The van der Waals surface area contributed by atoms with E-state index in [-0.39, 0.29) is 5.63 Å². The fourth-order valence-corrected chi connectivity index (χ4v) is 4.03. The minimum absolute atomic E-state index is 0.226. The maximum Gasteiger partial charge on any atom is 0.339 e. The fraction of sp³-hybridized carbons (Fsp3) is 0.320. The van der Waals surface area contributed by atoms with Crippen LogP contribution >= 0.6 is 0 Å². The van der Waals surface area contributed by atoms with Gasteiger partial charge in [-0.25, -0.2) is 4.79 Å². The molecule has 2 aromatic heterocycles. The van der Waals surface area contributed by atoms with Gasteiger partial charge in [-0.05, 0) is 56.0 Å². The van der Waals surface area contributed by atoms with E-state index in [0.717, 1.165) is 75.6 Å². The van der Waals surface area contributed by atoms with Crippen molar-refractivity contribution in [2.45, 2.75) is 46.5 Å². The van der Waals surface area contributed by atoms with Crippen molar-refractivity contribution >= 4 is 21.9 Å². The normalized spacial score (nSPS) is 11.4. The van der Waals surface area contributed by atoms with Crippen molar-refractivity contribution in [3.8, 4) is 16.9 Å². The van der Waals surface area contributed by atoms with Crippen LogP contribution in [-0.2, 0) is 6.42 Å². The van der Waals surface area contributed by atoms with Gasteiger partial charge in [-0.2, -0.15) is 0 Å². The van der Waals surface area contributed by atoms with E-state index in [2.05, 4.69) is 13.0 Å². The number of hydrogen-bond acceptors (Lipinski definition) is 4. The molecule has 0 saturated heterocycles. The lowest BCUT2D eigenvalue weighted by Gasteiger charge is -2.10. The van der Waals surface area contributed by atoms with Gasteiger partial charge in [0.15, 0.2) is 0 Å². The first-order valence-corrected chi connectivity index (χ1v) is 10.2. The summed E-state index contributed by atoms with van der Waals surface area (Å²) in [4.78, 5) is 12.6. The monoisotopic (exact) mass is 390 g/mol. The van der Waals surface area contributed by atoms with Gasteiger partial charge in [-0.1, -0.05) is 31.9 Å². The van der Waals surface area contributed by atoms with E-state index in [0.29, 0.717) is 5.58 Å². The van der Waals surface area contributed by atoms with Crippen molar-refractivity contribution in [3.63, 3.8) is 0 Å². The topological polar surface area (TPSA) is 52.6 Å². The molecule has 0 N–H and O–H groups in total. The number of hydrogen-bond donors (Lipinski definition) is 0. The minimum atomic E-state index is -0.226. The van der Waals surface area contributed by atoms with Crippen LogP contribution in [0.2, 0.25) is 0 Å². The maximum absolute atomic E-state index is 12.6. The van der Waals surface area contributed by atoms with Crippen molar-refractivity contribution in [2.24, 2.45) is 0 Å². The second-order valence-corrected chi connectivity index (χ2v) is 7.58. The number of unbranched alkanes of at least 4 members (excludes halogenated alkanes) is 2. The Labute approximate surface area is 170 Å². The Balaban J connectivity index is 1.91. The highest BCUT2D eigenvalue weighted by atomic mass is 16.5. The Morgan fingerprint density at radius 1 is 0.966 bits per heavy atom. The molecule has 150 valence electrons. The van der Waals surface area contributed by atoms with Gasteiger partial charge in [-0.3, -0.25) is 0 Å². The molecule has 0 spiro atoms. The lowest BCUT2D eigenvalue weighted by Crippen LogP contribution is -2.10. The molecule has 0 aliphatic heterocycles. The summed E-state index contributed by atoms with van der Waals surface area (Å²) < 4.78 is 16.9. The van der Waals surface area contributed by atoms with E-state index >= 15 is 0 Å². The van der Waals surface area contributed by atoms with Crippen molar-refractivity contribution in [1.29, 1.82) is 0 Å². The van der Waals surface area contributed by atoms with Gasteiger partial charge in [0.05, 0.1) is 13.4 Å². The zero-order valence-electron chi connectivity index (χ0n) is 17.4. The first-order chi connectivity index (χ1) is 14.0. The van der Waals surface area contributed by atoms with Crippen LogP contribution in [0.1, 0.15) is 42.9 Å². The van der Waals surface area contributed by atoms with Crippen LogP contribution in [0.5, 0.6) is 5.75 Å². The third kappa shape index (κ3) is 3.33. The molecule has 4 rings (SSSR count). The molecule has 0 atom stereocenters. The zero-order valence-corrected chi connectivity index (χ0v) is 17.4. The molecule has 4 aromatic rings. The lowest BCUT2D eigenvalue weighted by molar-refractivity contribution is 0.415. The quantitative estimate of drug-likeness (QED) is 0.276. The second kappa shape index (κ2) is 7.78. The van der Waals surface area contributed by atoms with Gasteiger partial charge in [0.1, 0.15) is 16.9 Å². The Morgan fingerprint density at radius 2 is 1.72 bits per heavy atom. The molecule has 4 heteroatoms.